The second kappa shape index (κ2) is 7.84. The van der Waals surface area contributed by atoms with Crippen molar-refractivity contribution in [1.29, 1.82) is 0 Å². The Kier molecular flexibility index (Phi) is 5.75. The van der Waals surface area contributed by atoms with E-state index in [-0.39, 0.29) is 5.97 Å². The molecule has 0 amide bonds. The third kappa shape index (κ3) is 5.34. The summed E-state index contributed by atoms with van der Waals surface area (Å²) < 4.78 is 5.17. The smallest absolute Gasteiger partial charge is 0.306 e. The van der Waals surface area contributed by atoms with Gasteiger partial charge in [0, 0.05) is 29.8 Å². The maximum atomic E-state index is 11.5. The Balaban J connectivity index is 1.53. The first-order valence-corrected chi connectivity index (χ1v) is 7.44. The van der Waals surface area contributed by atoms with E-state index in [0.717, 1.165) is 18.7 Å². The van der Waals surface area contributed by atoms with Gasteiger partial charge in [-0.1, -0.05) is 18.2 Å². The average molecular weight is 278 g/mol. The topological polar surface area (TPSA) is 41.9 Å². The third-order valence-electron chi connectivity index (χ3n) is 2.69. The van der Waals surface area contributed by atoms with Crippen LogP contribution in [-0.4, -0.2) is 42.6 Å². The lowest BCUT2D eigenvalue weighted by molar-refractivity contribution is -0.143. The summed E-state index contributed by atoms with van der Waals surface area (Å²) in [5.41, 5.74) is 0. The number of esters is 1. The zero-order chi connectivity index (χ0) is 13.3. The molecule has 0 aromatic heterocycles. The Hall–Kier alpha value is -1.49. The van der Waals surface area contributed by atoms with Crippen LogP contribution in [0.5, 0.6) is 0 Å². The van der Waals surface area contributed by atoms with Crippen LogP contribution >= 0.6 is 11.8 Å². The monoisotopic (exact) mass is 278 g/mol. The summed E-state index contributed by atoms with van der Waals surface area (Å²) in [6.07, 6.45) is 3.32. The van der Waals surface area contributed by atoms with Gasteiger partial charge in [0.05, 0.1) is 13.0 Å². The van der Waals surface area contributed by atoms with Crippen molar-refractivity contribution in [3.63, 3.8) is 0 Å². The van der Waals surface area contributed by atoms with Gasteiger partial charge < -0.3 is 4.74 Å². The maximum Gasteiger partial charge on any atom is 0.306 e. The van der Waals surface area contributed by atoms with Crippen LogP contribution in [0, 0.1) is 0 Å². The van der Waals surface area contributed by atoms with E-state index < -0.39 is 0 Å². The van der Waals surface area contributed by atoms with Crippen LogP contribution in [0.1, 0.15) is 12.8 Å². The molecule has 2 rings (SSSR count). The van der Waals surface area contributed by atoms with Gasteiger partial charge in [0.15, 0.2) is 0 Å². The minimum atomic E-state index is -0.133. The summed E-state index contributed by atoms with van der Waals surface area (Å²) in [7, 11) is 0. The molecule has 0 atom stereocenters. The van der Waals surface area contributed by atoms with Crippen molar-refractivity contribution >= 4 is 23.9 Å². The van der Waals surface area contributed by atoms with Crippen LogP contribution in [0.4, 0.5) is 0 Å². The number of ether oxygens (including phenoxy) is 1. The van der Waals surface area contributed by atoms with Gasteiger partial charge in [0.2, 0.25) is 0 Å². The van der Waals surface area contributed by atoms with E-state index in [1.807, 2.05) is 41.6 Å². The van der Waals surface area contributed by atoms with E-state index in [1.54, 1.807) is 11.8 Å². The summed E-state index contributed by atoms with van der Waals surface area (Å²) in [6.45, 7) is 2.04. The fourth-order valence-corrected chi connectivity index (χ4v) is 2.57. The highest BCUT2D eigenvalue weighted by Crippen LogP contribution is 2.17. The predicted molar refractivity (Wildman–Crippen MR) is 77.4 cm³/mol. The van der Waals surface area contributed by atoms with E-state index in [4.69, 9.17) is 4.74 Å². The first kappa shape index (κ1) is 13.9. The van der Waals surface area contributed by atoms with Crippen molar-refractivity contribution in [1.82, 2.24) is 5.01 Å². The predicted octanol–water partition coefficient (Wildman–Crippen LogP) is 2.40. The molecular weight excluding hydrogens is 260 g/mol. The lowest BCUT2D eigenvalue weighted by Crippen LogP contribution is -2.21. The minimum Gasteiger partial charge on any atom is -0.464 e. The van der Waals surface area contributed by atoms with Gasteiger partial charge >= 0.3 is 5.97 Å². The summed E-state index contributed by atoms with van der Waals surface area (Å²) in [5.74, 6) is 0.622. The molecule has 0 bridgehead atoms. The van der Waals surface area contributed by atoms with Crippen molar-refractivity contribution in [2.45, 2.75) is 17.7 Å². The molecule has 0 unspecified atom stereocenters. The first-order valence-electron chi connectivity index (χ1n) is 6.45. The van der Waals surface area contributed by atoms with E-state index in [9.17, 15) is 4.79 Å². The van der Waals surface area contributed by atoms with Crippen molar-refractivity contribution in [2.75, 3.05) is 25.4 Å². The van der Waals surface area contributed by atoms with Crippen LogP contribution in [0.15, 0.2) is 40.3 Å². The molecule has 5 heteroatoms. The minimum absolute atomic E-state index is 0.133. The third-order valence-corrected chi connectivity index (χ3v) is 3.71. The summed E-state index contributed by atoms with van der Waals surface area (Å²) in [4.78, 5) is 12.7. The lowest BCUT2D eigenvalue weighted by Gasteiger charge is -2.13. The van der Waals surface area contributed by atoms with E-state index in [0.29, 0.717) is 19.6 Å². The van der Waals surface area contributed by atoms with Crippen molar-refractivity contribution < 1.29 is 9.53 Å². The van der Waals surface area contributed by atoms with Crippen LogP contribution < -0.4 is 0 Å². The number of hydrogen-bond acceptors (Lipinski definition) is 5. The number of hydrazone groups is 1. The molecule has 0 radical (unpaired) electrons. The molecule has 0 fully saturated rings. The molecule has 0 saturated carbocycles. The van der Waals surface area contributed by atoms with Crippen molar-refractivity contribution in [3.8, 4) is 0 Å². The first-order chi connectivity index (χ1) is 9.34. The Morgan fingerprint density at radius 3 is 2.95 bits per heavy atom. The normalized spacial score (nSPS) is 13.8. The molecular formula is C14H18N2O2S. The van der Waals surface area contributed by atoms with Gasteiger partial charge in [-0.2, -0.15) is 5.10 Å². The summed E-state index contributed by atoms with van der Waals surface area (Å²) in [5, 5.41) is 6.07. The number of carbonyl (C=O) groups is 1. The van der Waals surface area contributed by atoms with Gasteiger partial charge in [-0.15, -0.1) is 11.8 Å². The molecule has 0 saturated heterocycles. The van der Waals surface area contributed by atoms with Gasteiger partial charge in [-0.05, 0) is 12.1 Å². The molecule has 102 valence electrons. The molecule has 4 nitrogen and oxygen atoms in total. The van der Waals surface area contributed by atoms with Gasteiger partial charge in [-0.25, -0.2) is 0 Å². The molecule has 1 aromatic carbocycles. The zero-order valence-electron chi connectivity index (χ0n) is 10.8. The van der Waals surface area contributed by atoms with E-state index in [2.05, 4.69) is 5.10 Å². The maximum absolute atomic E-state index is 11.5. The highest BCUT2D eigenvalue weighted by molar-refractivity contribution is 7.99. The summed E-state index contributed by atoms with van der Waals surface area (Å²) in [6, 6.07) is 10.1. The van der Waals surface area contributed by atoms with Gasteiger partial charge in [-0.3, -0.25) is 9.80 Å². The largest absolute Gasteiger partial charge is 0.464 e. The van der Waals surface area contributed by atoms with Crippen LogP contribution in [-0.2, 0) is 9.53 Å². The molecule has 19 heavy (non-hydrogen) atoms. The van der Waals surface area contributed by atoms with Gasteiger partial charge in [0.25, 0.3) is 0 Å². The van der Waals surface area contributed by atoms with E-state index in [1.165, 1.54) is 4.90 Å². The van der Waals surface area contributed by atoms with E-state index >= 15 is 0 Å². The fourth-order valence-electron chi connectivity index (χ4n) is 1.71. The Labute approximate surface area is 117 Å². The van der Waals surface area contributed by atoms with Crippen LogP contribution in [0.25, 0.3) is 0 Å². The van der Waals surface area contributed by atoms with Crippen molar-refractivity contribution in [3.05, 3.63) is 30.3 Å². The van der Waals surface area contributed by atoms with Crippen molar-refractivity contribution in [2.24, 2.45) is 5.10 Å². The Bertz CT molecular complexity index is 423. The SMILES string of the molecule is O=C(CCSc1ccccc1)OCCN1CCC=N1. The number of nitrogens with zero attached hydrogens (tertiary/aromatic N) is 2. The molecule has 0 spiro atoms. The molecule has 0 aliphatic carbocycles. The quantitative estimate of drug-likeness (QED) is 0.567. The molecule has 0 N–H and O–H groups in total. The van der Waals surface area contributed by atoms with Crippen LogP contribution in [0.2, 0.25) is 0 Å². The molecule has 1 aromatic rings. The number of rotatable bonds is 7. The van der Waals surface area contributed by atoms with Crippen LogP contribution in [0.3, 0.4) is 0 Å². The zero-order valence-corrected chi connectivity index (χ0v) is 11.6. The lowest BCUT2D eigenvalue weighted by atomic mass is 10.4. The van der Waals surface area contributed by atoms with Gasteiger partial charge in [0.1, 0.15) is 6.61 Å². The number of thioether (sulfide) groups is 1. The molecule has 1 heterocycles. The summed E-state index contributed by atoms with van der Waals surface area (Å²) >= 11 is 1.67. The number of benzene rings is 1. The number of hydrogen-bond donors (Lipinski definition) is 0. The standard InChI is InChI=1S/C14H18N2O2S/c17-14(18-11-10-16-9-4-8-15-16)7-12-19-13-5-2-1-3-6-13/h1-3,5-6,8H,4,7,9-12H2. The average Bonchev–Trinajstić information content (AvgIpc) is 2.93. The number of carbonyl (C=O) groups excluding carboxylic acids is 1. The Morgan fingerprint density at radius 2 is 2.21 bits per heavy atom. The second-order valence-electron chi connectivity index (χ2n) is 4.17. The highest BCUT2D eigenvalue weighted by Gasteiger charge is 2.07. The Morgan fingerprint density at radius 1 is 1.37 bits per heavy atom. The highest BCUT2D eigenvalue weighted by atomic mass is 32.2. The fraction of sp³-hybridized carbons (Fsp3) is 0.429. The molecule has 1 aliphatic heterocycles. The second-order valence-corrected chi connectivity index (χ2v) is 5.34. The molecule has 1 aliphatic rings.